The average Bonchev–Trinajstić information content (AvgIpc) is 2.65. The molecule has 2 N–H and O–H groups in total. The number of aliphatic hydroxyl groups is 2. The van der Waals surface area contributed by atoms with Crippen molar-refractivity contribution in [1.29, 1.82) is 0 Å². The van der Waals surface area contributed by atoms with Gasteiger partial charge in [-0.25, -0.2) is 0 Å². The number of carbonyl (C=O) groups is 1. The molecule has 0 spiro atoms. The first-order chi connectivity index (χ1) is 12.7. The standard InChI is InChI=1S/C22H40O4/c1-2-3-4-5-6-7-8-9-10-11-12-13-14-15-16-17-18-22(25)26-20-21(24)19-23/h7-8,10-11,21,23-24H,2-6,9,12-20H2,1H3/t21-/m0/s1. The summed E-state index contributed by atoms with van der Waals surface area (Å²) in [5.74, 6) is -0.293. The predicted molar refractivity (Wildman–Crippen MR) is 108 cm³/mol. The minimum Gasteiger partial charge on any atom is -0.463 e. The number of rotatable bonds is 18. The Bertz CT molecular complexity index is 363. The number of ether oxygens (including phenoxy) is 1. The van der Waals surface area contributed by atoms with Crippen LogP contribution in [0.1, 0.15) is 90.4 Å². The zero-order valence-electron chi connectivity index (χ0n) is 16.7. The average molecular weight is 369 g/mol. The summed E-state index contributed by atoms with van der Waals surface area (Å²) in [5.41, 5.74) is 0. The molecule has 4 heteroatoms. The molecule has 4 nitrogen and oxygen atoms in total. The van der Waals surface area contributed by atoms with Crippen molar-refractivity contribution in [3.8, 4) is 0 Å². The van der Waals surface area contributed by atoms with E-state index in [-0.39, 0.29) is 19.2 Å². The number of unbranched alkanes of at least 4 members (excludes halogenated alkanes) is 9. The normalized spacial score (nSPS) is 12.9. The molecule has 0 rings (SSSR count). The molecule has 0 aliphatic heterocycles. The molecule has 0 saturated carbocycles. The van der Waals surface area contributed by atoms with Gasteiger partial charge in [-0.15, -0.1) is 0 Å². The summed E-state index contributed by atoms with van der Waals surface area (Å²) in [4.78, 5) is 11.4. The lowest BCUT2D eigenvalue weighted by Crippen LogP contribution is -2.21. The van der Waals surface area contributed by atoms with E-state index in [4.69, 9.17) is 14.9 Å². The summed E-state index contributed by atoms with van der Waals surface area (Å²) in [6, 6.07) is 0. The third-order valence-electron chi connectivity index (χ3n) is 4.23. The van der Waals surface area contributed by atoms with E-state index in [1.165, 1.54) is 44.9 Å². The second-order valence-corrected chi connectivity index (χ2v) is 6.85. The highest BCUT2D eigenvalue weighted by atomic mass is 16.5. The Morgan fingerprint density at radius 1 is 0.885 bits per heavy atom. The molecule has 0 aromatic heterocycles. The molecular weight excluding hydrogens is 328 g/mol. The van der Waals surface area contributed by atoms with E-state index in [9.17, 15) is 4.79 Å². The maximum atomic E-state index is 11.4. The second kappa shape index (κ2) is 20.2. The van der Waals surface area contributed by atoms with E-state index < -0.39 is 6.10 Å². The van der Waals surface area contributed by atoms with Crippen LogP contribution in [0.25, 0.3) is 0 Å². The van der Waals surface area contributed by atoms with Crippen LogP contribution < -0.4 is 0 Å². The largest absolute Gasteiger partial charge is 0.463 e. The highest BCUT2D eigenvalue weighted by molar-refractivity contribution is 5.69. The molecule has 26 heavy (non-hydrogen) atoms. The van der Waals surface area contributed by atoms with E-state index in [1.54, 1.807) is 0 Å². The zero-order valence-corrected chi connectivity index (χ0v) is 16.7. The molecule has 0 radical (unpaired) electrons. The maximum absolute atomic E-state index is 11.4. The Kier molecular flexibility index (Phi) is 19.3. The van der Waals surface area contributed by atoms with E-state index in [0.29, 0.717) is 6.42 Å². The van der Waals surface area contributed by atoms with Crippen molar-refractivity contribution >= 4 is 5.97 Å². The van der Waals surface area contributed by atoms with Crippen molar-refractivity contribution in [1.82, 2.24) is 0 Å². The van der Waals surface area contributed by atoms with Crippen LogP contribution in [0.4, 0.5) is 0 Å². The van der Waals surface area contributed by atoms with Gasteiger partial charge in [0.05, 0.1) is 6.61 Å². The van der Waals surface area contributed by atoms with Crippen molar-refractivity contribution < 1.29 is 19.7 Å². The molecule has 0 heterocycles. The molecule has 0 fully saturated rings. The predicted octanol–water partition coefficient (Wildman–Crippen LogP) is 5.09. The first-order valence-electron chi connectivity index (χ1n) is 10.4. The van der Waals surface area contributed by atoms with Gasteiger partial charge in [0, 0.05) is 6.42 Å². The molecular formula is C22H40O4. The molecule has 0 aromatic rings. The minimum atomic E-state index is -0.965. The van der Waals surface area contributed by atoms with Crippen LogP contribution in [0, 0.1) is 0 Å². The van der Waals surface area contributed by atoms with Gasteiger partial charge in [-0.3, -0.25) is 4.79 Å². The van der Waals surface area contributed by atoms with Crippen molar-refractivity contribution in [3.63, 3.8) is 0 Å². The van der Waals surface area contributed by atoms with Crippen LogP contribution in [0.15, 0.2) is 24.3 Å². The topological polar surface area (TPSA) is 66.8 Å². The Morgan fingerprint density at radius 2 is 1.46 bits per heavy atom. The number of hydrogen-bond acceptors (Lipinski definition) is 4. The molecule has 0 bridgehead atoms. The third-order valence-corrected chi connectivity index (χ3v) is 4.23. The number of carbonyl (C=O) groups excluding carboxylic acids is 1. The van der Waals surface area contributed by atoms with E-state index in [2.05, 4.69) is 31.2 Å². The van der Waals surface area contributed by atoms with Gasteiger partial charge >= 0.3 is 5.97 Å². The first kappa shape index (κ1) is 24.9. The number of aliphatic hydroxyl groups excluding tert-OH is 2. The van der Waals surface area contributed by atoms with Crippen molar-refractivity contribution in [2.75, 3.05) is 13.2 Å². The number of allylic oxidation sites excluding steroid dienone is 4. The Balaban J connectivity index is 3.30. The summed E-state index contributed by atoms with van der Waals surface area (Å²) < 4.78 is 4.86. The minimum absolute atomic E-state index is 0.115. The Morgan fingerprint density at radius 3 is 2.08 bits per heavy atom. The summed E-state index contributed by atoms with van der Waals surface area (Å²) >= 11 is 0. The van der Waals surface area contributed by atoms with Gasteiger partial charge in [-0.2, -0.15) is 0 Å². The zero-order chi connectivity index (χ0) is 19.3. The van der Waals surface area contributed by atoms with Gasteiger partial charge in [-0.05, 0) is 38.5 Å². The smallest absolute Gasteiger partial charge is 0.305 e. The molecule has 152 valence electrons. The summed E-state index contributed by atoms with van der Waals surface area (Å²) in [6.45, 7) is 1.75. The van der Waals surface area contributed by atoms with E-state index in [1.807, 2.05) is 0 Å². The lowest BCUT2D eigenvalue weighted by Gasteiger charge is -2.08. The number of esters is 1. The SMILES string of the molecule is CCCCCCC=CCC=CCCCCCCCC(=O)OC[C@@H](O)CO. The molecule has 0 amide bonds. The number of hydrogen-bond donors (Lipinski definition) is 2. The lowest BCUT2D eigenvalue weighted by molar-refractivity contribution is -0.147. The molecule has 0 aromatic carbocycles. The first-order valence-corrected chi connectivity index (χ1v) is 10.4. The van der Waals surface area contributed by atoms with Gasteiger partial charge in [0.1, 0.15) is 12.7 Å². The van der Waals surface area contributed by atoms with Gasteiger partial charge < -0.3 is 14.9 Å². The lowest BCUT2D eigenvalue weighted by atomic mass is 10.1. The molecule has 0 aliphatic carbocycles. The monoisotopic (exact) mass is 368 g/mol. The molecule has 0 saturated heterocycles. The van der Waals surface area contributed by atoms with Crippen LogP contribution in [-0.2, 0) is 9.53 Å². The van der Waals surface area contributed by atoms with E-state index in [0.717, 1.165) is 32.1 Å². The van der Waals surface area contributed by atoms with Crippen molar-refractivity contribution in [2.24, 2.45) is 0 Å². The Labute approximate surface area is 160 Å². The second-order valence-electron chi connectivity index (χ2n) is 6.85. The molecule has 0 unspecified atom stereocenters. The van der Waals surface area contributed by atoms with Gasteiger partial charge in [0.25, 0.3) is 0 Å². The van der Waals surface area contributed by atoms with Crippen molar-refractivity contribution in [2.45, 2.75) is 96.5 Å². The van der Waals surface area contributed by atoms with Crippen molar-refractivity contribution in [3.05, 3.63) is 24.3 Å². The van der Waals surface area contributed by atoms with E-state index >= 15 is 0 Å². The molecule has 0 aliphatic rings. The van der Waals surface area contributed by atoms with Gasteiger partial charge in [-0.1, -0.05) is 69.8 Å². The van der Waals surface area contributed by atoms with Crippen LogP contribution in [-0.4, -0.2) is 35.5 Å². The van der Waals surface area contributed by atoms with Gasteiger partial charge in [0.15, 0.2) is 0 Å². The fourth-order valence-corrected chi connectivity index (χ4v) is 2.57. The van der Waals surface area contributed by atoms with Crippen LogP contribution in [0.5, 0.6) is 0 Å². The fraction of sp³-hybridized carbons (Fsp3) is 0.773. The third kappa shape index (κ3) is 19.2. The molecule has 1 atom stereocenters. The highest BCUT2D eigenvalue weighted by Gasteiger charge is 2.07. The summed E-state index contributed by atoms with van der Waals surface area (Å²) in [7, 11) is 0. The highest BCUT2D eigenvalue weighted by Crippen LogP contribution is 2.09. The van der Waals surface area contributed by atoms with Crippen LogP contribution >= 0.6 is 0 Å². The van der Waals surface area contributed by atoms with Gasteiger partial charge in [0.2, 0.25) is 0 Å². The fourth-order valence-electron chi connectivity index (χ4n) is 2.57. The summed E-state index contributed by atoms with van der Waals surface area (Å²) in [6.07, 6.45) is 22.6. The summed E-state index contributed by atoms with van der Waals surface area (Å²) in [5, 5.41) is 17.7. The maximum Gasteiger partial charge on any atom is 0.305 e. The van der Waals surface area contributed by atoms with Crippen LogP contribution in [0.3, 0.4) is 0 Å². The Hall–Kier alpha value is -1.13. The van der Waals surface area contributed by atoms with Crippen LogP contribution in [0.2, 0.25) is 0 Å². The quantitative estimate of drug-likeness (QED) is 0.201.